The molecule has 7 nitrogen and oxygen atoms in total. The van der Waals surface area contributed by atoms with E-state index in [0.29, 0.717) is 38.8 Å². The van der Waals surface area contributed by atoms with Gasteiger partial charge in [-0.2, -0.15) is 0 Å². The van der Waals surface area contributed by atoms with Crippen LogP contribution in [0.1, 0.15) is 43.7 Å². The van der Waals surface area contributed by atoms with Gasteiger partial charge >= 0.3 is 12.2 Å². The molecule has 0 aromatic heterocycles. The summed E-state index contributed by atoms with van der Waals surface area (Å²) in [5.74, 6) is 0. The smallest absolute Gasteiger partial charge is 0.410 e. The van der Waals surface area contributed by atoms with Gasteiger partial charge in [0.25, 0.3) is 0 Å². The van der Waals surface area contributed by atoms with Crippen LogP contribution in [0.5, 0.6) is 0 Å². The Labute approximate surface area is 194 Å². The largest absolute Gasteiger partial charge is 0.445 e. The van der Waals surface area contributed by atoms with Crippen molar-refractivity contribution >= 4 is 12.2 Å². The zero-order chi connectivity index (χ0) is 23.3. The van der Waals surface area contributed by atoms with Crippen molar-refractivity contribution in [1.29, 1.82) is 0 Å². The summed E-state index contributed by atoms with van der Waals surface area (Å²) in [6, 6.07) is 18.9. The van der Waals surface area contributed by atoms with E-state index in [4.69, 9.17) is 9.47 Å². The number of nitrogens with one attached hydrogen (secondary N) is 1. The number of hydrogen-bond donors (Lipinski definition) is 2. The molecule has 2 aromatic carbocycles. The zero-order valence-electron chi connectivity index (χ0n) is 19.0. The van der Waals surface area contributed by atoms with Crippen LogP contribution in [-0.2, 0) is 22.7 Å². The van der Waals surface area contributed by atoms with E-state index in [1.807, 2.05) is 67.6 Å². The minimum atomic E-state index is -0.868. The van der Waals surface area contributed by atoms with Crippen LogP contribution in [0.2, 0.25) is 0 Å². The Bertz CT molecular complexity index is 940. The maximum Gasteiger partial charge on any atom is 0.410 e. The van der Waals surface area contributed by atoms with Crippen LogP contribution in [0, 0.1) is 5.41 Å². The number of alkyl carbamates (subject to hydrolysis) is 1. The van der Waals surface area contributed by atoms with Crippen LogP contribution in [0.3, 0.4) is 0 Å². The molecule has 0 bridgehead atoms. The Balaban J connectivity index is 1.31. The van der Waals surface area contributed by atoms with Gasteiger partial charge in [0, 0.05) is 19.1 Å². The van der Waals surface area contributed by atoms with Crippen LogP contribution in [0.15, 0.2) is 60.7 Å². The van der Waals surface area contributed by atoms with E-state index < -0.39 is 11.7 Å². The van der Waals surface area contributed by atoms with Gasteiger partial charge in [0.05, 0.1) is 5.60 Å². The van der Waals surface area contributed by atoms with Gasteiger partial charge in [-0.25, -0.2) is 9.59 Å². The van der Waals surface area contributed by atoms with Gasteiger partial charge in [-0.3, -0.25) is 0 Å². The van der Waals surface area contributed by atoms with Gasteiger partial charge in [-0.15, -0.1) is 0 Å². The average Bonchev–Trinajstić information content (AvgIpc) is 3.06. The van der Waals surface area contributed by atoms with E-state index in [1.54, 1.807) is 4.90 Å². The highest BCUT2D eigenvalue weighted by molar-refractivity contribution is 5.68. The van der Waals surface area contributed by atoms with Crippen molar-refractivity contribution in [3.05, 3.63) is 71.8 Å². The molecule has 1 saturated carbocycles. The van der Waals surface area contributed by atoms with Gasteiger partial charge in [0.15, 0.2) is 0 Å². The molecule has 1 spiro atoms. The molecule has 2 atom stereocenters. The minimum absolute atomic E-state index is 0.198. The molecule has 176 valence electrons. The molecule has 2 aliphatic rings. The number of amides is 2. The number of ether oxygens (including phenoxy) is 2. The maximum atomic E-state index is 12.5. The number of carbonyl (C=O) groups excluding carboxylic acids is 2. The second kappa shape index (κ2) is 9.83. The predicted molar refractivity (Wildman–Crippen MR) is 123 cm³/mol. The summed E-state index contributed by atoms with van der Waals surface area (Å²) in [5, 5.41) is 13.8. The zero-order valence-corrected chi connectivity index (χ0v) is 19.0. The molecule has 1 aliphatic heterocycles. The normalized spacial score (nSPS) is 23.8. The molecule has 1 saturated heterocycles. The van der Waals surface area contributed by atoms with Gasteiger partial charge in [0.1, 0.15) is 13.2 Å². The molecule has 4 rings (SSSR count). The van der Waals surface area contributed by atoms with E-state index in [1.165, 1.54) is 0 Å². The number of nitrogens with zero attached hydrogens (tertiary/aromatic N) is 1. The molecule has 2 unspecified atom stereocenters. The van der Waals surface area contributed by atoms with Crippen LogP contribution >= 0.6 is 0 Å². The predicted octanol–water partition coefficient (Wildman–Crippen LogP) is 4.25. The molecule has 2 amide bonds. The van der Waals surface area contributed by atoms with Crippen molar-refractivity contribution in [2.45, 2.75) is 57.5 Å². The fourth-order valence-corrected chi connectivity index (χ4v) is 5.19. The SMILES string of the molecule is CC1(O)CC(NC(=O)OCc2ccccc2)C2(CCN(C(=O)OCc3ccccc3)CC2)C1. The summed E-state index contributed by atoms with van der Waals surface area (Å²) in [7, 11) is 0. The number of carbonyl (C=O) groups is 2. The number of rotatable bonds is 5. The molecule has 1 heterocycles. The summed E-state index contributed by atoms with van der Waals surface area (Å²) in [6.45, 7) is 3.31. The van der Waals surface area contributed by atoms with E-state index in [0.717, 1.165) is 11.1 Å². The molecule has 0 radical (unpaired) electrons. The van der Waals surface area contributed by atoms with Crippen molar-refractivity contribution in [3.8, 4) is 0 Å². The lowest BCUT2D eigenvalue weighted by Gasteiger charge is -2.42. The fraction of sp³-hybridized carbons (Fsp3) is 0.462. The number of hydrogen-bond acceptors (Lipinski definition) is 5. The fourth-order valence-electron chi connectivity index (χ4n) is 5.19. The second-order valence-electron chi connectivity index (χ2n) is 9.53. The van der Waals surface area contributed by atoms with Crippen molar-refractivity contribution in [3.63, 3.8) is 0 Å². The van der Waals surface area contributed by atoms with Crippen LogP contribution in [0.25, 0.3) is 0 Å². The van der Waals surface area contributed by atoms with Crippen molar-refractivity contribution < 1.29 is 24.2 Å². The van der Waals surface area contributed by atoms with Crippen LogP contribution in [0.4, 0.5) is 9.59 Å². The molecule has 2 fully saturated rings. The van der Waals surface area contributed by atoms with E-state index in [9.17, 15) is 14.7 Å². The van der Waals surface area contributed by atoms with Crippen LogP contribution < -0.4 is 5.32 Å². The summed E-state index contributed by atoms with van der Waals surface area (Å²) in [6.07, 6.45) is 1.61. The minimum Gasteiger partial charge on any atom is -0.445 e. The van der Waals surface area contributed by atoms with Crippen molar-refractivity contribution in [1.82, 2.24) is 10.2 Å². The molecule has 33 heavy (non-hydrogen) atoms. The number of aliphatic hydroxyl groups is 1. The summed E-state index contributed by atoms with van der Waals surface area (Å²) in [4.78, 5) is 26.8. The second-order valence-corrected chi connectivity index (χ2v) is 9.53. The number of benzene rings is 2. The molecule has 1 aliphatic carbocycles. The standard InChI is InChI=1S/C26H32N2O5/c1-25(31)16-22(27-23(29)32-17-20-8-4-2-5-9-20)26(19-25)12-14-28(15-13-26)24(30)33-18-21-10-6-3-7-11-21/h2-11,22,31H,12-19H2,1H3,(H,27,29). The Morgan fingerprint density at radius 1 is 0.970 bits per heavy atom. The first-order valence-corrected chi connectivity index (χ1v) is 11.5. The quantitative estimate of drug-likeness (QED) is 0.708. The molecule has 7 heteroatoms. The van der Waals surface area contributed by atoms with Crippen molar-refractivity contribution in [2.24, 2.45) is 5.41 Å². The van der Waals surface area contributed by atoms with Crippen LogP contribution in [-0.4, -0.2) is 46.9 Å². The van der Waals surface area contributed by atoms with Gasteiger partial charge in [0.2, 0.25) is 0 Å². The Kier molecular flexibility index (Phi) is 6.88. The topological polar surface area (TPSA) is 88.1 Å². The first kappa shape index (κ1) is 23.1. The third-order valence-corrected chi connectivity index (χ3v) is 6.84. The highest BCUT2D eigenvalue weighted by Gasteiger charge is 2.54. The summed E-state index contributed by atoms with van der Waals surface area (Å²) in [5.41, 5.74) is 0.728. The first-order valence-electron chi connectivity index (χ1n) is 11.5. The molecule has 2 aromatic rings. The van der Waals surface area contributed by atoms with E-state index >= 15 is 0 Å². The molecular weight excluding hydrogens is 420 g/mol. The highest BCUT2D eigenvalue weighted by atomic mass is 16.6. The van der Waals surface area contributed by atoms with Crippen molar-refractivity contribution in [2.75, 3.05) is 13.1 Å². The highest BCUT2D eigenvalue weighted by Crippen LogP contribution is 2.50. The number of piperidine rings is 1. The lowest BCUT2D eigenvalue weighted by molar-refractivity contribution is 0.0269. The summed E-state index contributed by atoms with van der Waals surface area (Å²) < 4.78 is 10.9. The lowest BCUT2D eigenvalue weighted by Crippen LogP contribution is -2.51. The van der Waals surface area contributed by atoms with E-state index in [-0.39, 0.29) is 30.8 Å². The maximum absolute atomic E-state index is 12.5. The monoisotopic (exact) mass is 452 g/mol. The Morgan fingerprint density at radius 3 is 2.09 bits per heavy atom. The first-order chi connectivity index (χ1) is 15.9. The average molecular weight is 453 g/mol. The molecule has 2 N–H and O–H groups in total. The summed E-state index contributed by atoms with van der Waals surface area (Å²) >= 11 is 0. The van der Waals surface area contributed by atoms with E-state index in [2.05, 4.69) is 5.32 Å². The van der Waals surface area contributed by atoms with Gasteiger partial charge in [-0.1, -0.05) is 60.7 Å². The number of likely N-dealkylation sites (tertiary alicyclic amines) is 1. The third-order valence-electron chi connectivity index (χ3n) is 6.84. The Morgan fingerprint density at radius 2 is 1.52 bits per heavy atom. The lowest BCUT2D eigenvalue weighted by atomic mass is 9.73. The van der Waals surface area contributed by atoms with Gasteiger partial charge < -0.3 is 24.8 Å². The third kappa shape index (κ3) is 5.85. The van der Waals surface area contributed by atoms with Gasteiger partial charge in [-0.05, 0) is 49.1 Å². The molecular formula is C26H32N2O5. The Hall–Kier alpha value is -3.06.